The Morgan fingerprint density at radius 3 is 1.62 bits per heavy atom. The quantitative estimate of drug-likeness (QED) is 0.120. The summed E-state index contributed by atoms with van der Waals surface area (Å²) in [6, 6.07) is 34.4. The van der Waals surface area contributed by atoms with Crippen molar-refractivity contribution in [2.45, 2.75) is 19.3 Å². The fourth-order valence-corrected chi connectivity index (χ4v) is 6.97. The Labute approximate surface area is 323 Å². The normalized spacial score (nSPS) is 13.0. The number of rotatable bonds is 7. The van der Waals surface area contributed by atoms with E-state index < -0.39 is 5.97 Å². The van der Waals surface area contributed by atoms with Gasteiger partial charge in [-0.3, -0.25) is 24.0 Å². The van der Waals surface area contributed by atoms with Gasteiger partial charge in [-0.25, -0.2) is 4.79 Å². The number of aromatic carboxylic acids is 1. The number of nitrogens with one attached hydrogen (secondary N) is 4. The summed E-state index contributed by atoms with van der Waals surface area (Å²) in [6.45, 7) is -0.0584. The average molecular weight is 765 g/mol. The molecule has 0 saturated heterocycles. The number of carboxylic acids is 1. The molecule has 5 aromatic carbocycles. The van der Waals surface area contributed by atoms with Crippen LogP contribution in [0.4, 0.5) is 17.1 Å². The molecule has 0 saturated carbocycles. The minimum absolute atomic E-state index is 0.0457. The molecule has 1 aromatic heterocycles. The smallest absolute Gasteiger partial charge is 0.335 e. The molecular weight excluding hydrogens is 733 g/mol. The van der Waals surface area contributed by atoms with Crippen LogP contribution in [0.5, 0.6) is 0 Å². The van der Waals surface area contributed by atoms with Gasteiger partial charge in [-0.2, -0.15) is 0 Å². The zero-order valence-electron chi connectivity index (χ0n) is 29.5. The van der Waals surface area contributed by atoms with Crippen molar-refractivity contribution >= 4 is 63.8 Å². The zero-order valence-corrected chi connectivity index (χ0v) is 30.3. The maximum absolute atomic E-state index is 12.1. The molecule has 0 bridgehead atoms. The van der Waals surface area contributed by atoms with Crippen LogP contribution in [0.3, 0.4) is 0 Å². The molecule has 4 amide bonds. The van der Waals surface area contributed by atoms with E-state index in [1.54, 1.807) is 59.9 Å². The van der Waals surface area contributed by atoms with Crippen molar-refractivity contribution in [1.29, 1.82) is 0 Å². The van der Waals surface area contributed by atoms with E-state index in [2.05, 4.69) is 31.5 Å². The minimum atomic E-state index is -0.970. The second kappa shape index (κ2) is 16.4. The number of anilines is 3. The van der Waals surface area contributed by atoms with Crippen LogP contribution in [0.2, 0.25) is 0 Å². The van der Waals surface area contributed by atoms with Crippen molar-refractivity contribution < 1.29 is 33.9 Å². The van der Waals surface area contributed by atoms with Gasteiger partial charge in [-0.05, 0) is 71.3 Å². The maximum atomic E-state index is 12.1. The number of benzene rings is 5. The minimum Gasteiger partial charge on any atom is -0.478 e. The van der Waals surface area contributed by atoms with Gasteiger partial charge in [0.1, 0.15) is 10.0 Å². The third kappa shape index (κ3) is 8.72. The SMILES string of the molecule is O=C1Cc2cc(-c3nnc(-c4ccccc4)s3)ccc2N1.O=C1Cc2cc(C(=O)NCC(=O)c3ccccc3)ccc2N1.O=C1Cc2cc(C(=O)O)ccc2N1. The highest BCUT2D eigenvalue weighted by Crippen LogP contribution is 2.33. The van der Waals surface area contributed by atoms with Gasteiger partial charge in [0.15, 0.2) is 5.78 Å². The topological polar surface area (TPSA) is 197 Å². The van der Waals surface area contributed by atoms with Crippen LogP contribution in [-0.2, 0) is 33.6 Å². The number of carbonyl (C=O) groups excluding carboxylic acids is 5. The van der Waals surface area contributed by atoms with Crippen molar-refractivity contribution in [3.63, 3.8) is 0 Å². The van der Waals surface area contributed by atoms with Gasteiger partial charge in [0.25, 0.3) is 5.91 Å². The summed E-state index contributed by atoms with van der Waals surface area (Å²) < 4.78 is 0. The lowest BCUT2D eigenvalue weighted by Crippen LogP contribution is -2.29. The highest BCUT2D eigenvalue weighted by molar-refractivity contribution is 7.17. The Bertz CT molecular complexity index is 2520. The molecule has 0 radical (unpaired) electrons. The number of amides is 4. The molecule has 278 valence electrons. The standard InChI is InChI=1S/C17H14N2O3.C16H11N3OS.C9H7NO3/c20-15(11-4-2-1-3-5-11)10-18-17(22)12-6-7-14-13(8-12)9-16(21)19-14;20-14-9-12-8-11(6-7-13(12)17-14)16-19-18-15(21-16)10-4-2-1-3-5-10;11-8-4-6-3-5(9(12)13)1-2-7(6)10-8/h1-8H,9-10H2,(H,18,22)(H,19,21);1-8H,9H2,(H,17,20);1-3H,4H2,(H,10,11)(H,12,13). The van der Waals surface area contributed by atoms with Crippen molar-refractivity contribution in [3.8, 4) is 21.1 Å². The zero-order chi connectivity index (χ0) is 39.2. The first-order valence-electron chi connectivity index (χ1n) is 17.4. The van der Waals surface area contributed by atoms with Crippen LogP contribution in [-0.4, -0.2) is 57.2 Å². The molecule has 5 N–H and O–H groups in total. The summed E-state index contributed by atoms with van der Waals surface area (Å²) in [5.41, 5.74) is 8.22. The second-order valence-electron chi connectivity index (χ2n) is 12.8. The van der Waals surface area contributed by atoms with Crippen LogP contribution < -0.4 is 21.3 Å². The largest absolute Gasteiger partial charge is 0.478 e. The van der Waals surface area contributed by atoms with E-state index in [1.807, 2.05) is 54.6 Å². The lowest BCUT2D eigenvalue weighted by Gasteiger charge is -2.06. The van der Waals surface area contributed by atoms with E-state index in [0.717, 1.165) is 54.9 Å². The monoisotopic (exact) mass is 764 g/mol. The highest BCUT2D eigenvalue weighted by Gasteiger charge is 2.21. The van der Waals surface area contributed by atoms with Gasteiger partial charge in [0, 0.05) is 39.3 Å². The molecule has 4 heterocycles. The second-order valence-corrected chi connectivity index (χ2v) is 13.8. The molecule has 9 rings (SSSR count). The van der Waals surface area contributed by atoms with Gasteiger partial charge in [0.05, 0.1) is 31.4 Å². The summed E-state index contributed by atoms with van der Waals surface area (Å²) >= 11 is 1.56. The number of ketones is 1. The molecule has 6 aromatic rings. The number of Topliss-reactive ketones (excluding diaryl/α,β-unsaturated/α-hetero) is 1. The number of carboxylic acid groups (broad SMARTS) is 1. The Morgan fingerprint density at radius 2 is 1.05 bits per heavy atom. The molecule has 13 nitrogen and oxygen atoms in total. The predicted molar refractivity (Wildman–Crippen MR) is 211 cm³/mol. The number of carbonyl (C=O) groups is 6. The van der Waals surface area contributed by atoms with Crippen molar-refractivity contribution in [1.82, 2.24) is 15.5 Å². The first-order valence-corrected chi connectivity index (χ1v) is 18.2. The Morgan fingerprint density at radius 1 is 0.571 bits per heavy atom. The van der Waals surface area contributed by atoms with Gasteiger partial charge in [0.2, 0.25) is 17.7 Å². The van der Waals surface area contributed by atoms with E-state index in [-0.39, 0.29) is 54.4 Å². The molecule has 14 heteroatoms. The van der Waals surface area contributed by atoms with Gasteiger partial charge < -0.3 is 26.4 Å². The number of hydrogen-bond acceptors (Lipinski definition) is 9. The fraction of sp³-hybridized carbons (Fsp3) is 0.0952. The Kier molecular flexibility index (Phi) is 10.8. The van der Waals surface area contributed by atoms with Gasteiger partial charge >= 0.3 is 5.97 Å². The molecule has 0 aliphatic carbocycles. The number of hydrogen-bond donors (Lipinski definition) is 5. The predicted octanol–water partition coefficient (Wildman–Crippen LogP) is 6.04. The van der Waals surface area contributed by atoms with Gasteiger partial charge in [-0.15, -0.1) is 10.2 Å². The van der Waals surface area contributed by atoms with Crippen molar-refractivity contribution in [2.75, 3.05) is 22.5 Å². The Balaban J connectivity index is 0.000000133. The summed E-state index contributed by atoms with van der Waals surface area (Å²) in [5.74, 6) is -1.56. The van der Waals surface area contributed by atoms with Crippen LogP contribution in [0.15, 0.2) is 115 Å². The molecule has 0 spiro atoms. The molecule has 0 unspecified atom stereocenters. The third-order valence-electron chi connectivity index (χ3n) is 8.90. The summed E-state index contributed by atoms with van der Waals surface area (Å²) in [7, 11) is 0. The summed E-state index contributed by atoms with van der Waals surface area (Å²) in [4.78, 5) is 68.2. The Hall–Kier alpha value is -7.32. The maximum Gasteiger partial charge on any atom is 0.335 e. The molecule has 0 atom stereocenters. The van der Waals surface area contributed by atoms with E-state index in [1.165, 1.54) is 12.1 Å². The van der Waals surface area contributed by atoms with Crippen LogP contribution in [0, 0.1) is 0 Å². The number of fused-ring (bicyclic) bond motifs is 3. The summed E-state index contributed by atoms with van der Waals surface area (Å²) in [6.07, 6.45) is 0.989. The first-order chi connectivity index (χ1) is 27.1. The molecular formula is C42H32N6O7S. The lowest BCUT2D eigenvalue weighted by molar-refractivity contribution is -0.115. The third-order valence-corrected chi connectivity index (χ3v) is 9.92. The van der Waals surface area contributed by atoms with Crippen LogP contribution >= 0.6 is 11.3 Å². The molecule has 56 heavy (non-hydrogen) atoms. The highest BCUT2D eigenvalue weighted by atomic mass is 32.1. The molecule has 3 aliphatic rings. The molecule has 0 fully saturated rings. The van der Waals surface area contributed by atoms with Crippen LogP contribution in [0.1, 0.15) is 47.8 Å². The van der Waals surface area contributed by atoms with Crippen molar-refractivity contribution in [2.24, 2.45) is 0 Å². The first kappa shape index (κ1) is 37.0. The van der Waals surface area contributed by atoms with E-state index in [4.69, 9.17) is 5.11 Å². The fourth-order valence-electron chi connectivity index (χ4n) is 6.12. The number of aromatic nitrogens is 2. The van der Waals surface area contributed by atoms with Crippen LogP contribution in [0.25, 0.3) is 21.1 Å². The lowest BCUT2D eigenvalue weighted by atomic mass is 10.1. The van der Waals surface area contributed by atoms with E-state index in [0.29, 0.717) is 17.5 Å². The van der Waals surface area contributed by atoms with E-state index >= 15 is 0 Å². The average Bonchev–Trinajstić information content (AvgIpc) is 4.01. The summed E-state index contributed by atoms with van der Waals surface area (Å²) in [5, 5.41) is 29.8. The number of nitrogens with zero attached hydrogens (tertiary/aromatic N) is 2. The molecule has 3 aliphatic heterocycles. The van der Waals surface area contributed by atoms with Crippen molar-refractivity contribution in [3.05, 3.63) is 149 Å². The van der Waals surface area contributed by atoms with Gasteiger partial charge in [-0.1, -0.05) is 72.0 Å². The van der Waals surface area contributed by atoms with E-state index in [9.17, 15) is 28.8 Å².